The van der Waals surface area contributed by atoms with Crippen molar-refractivity contribution in [1.29, 1.82) is 0 Å². The maximum Gasteiger partial charge on any atom is 0.0956 e. The smallest absolute Gasteiger partial charge is 0.0956 e. The number of nitrogens with two attached hydrogens (primary N) is 1. The van der Waals surface area contributed by atoms with Crippen molar-refractivity contribution >= 4 is 33.2 Å². The van der Waals surface area contributed by atoms with Gasteiger partial charge in [0.05, 0.1) is 15.2 Å². The summed E-state index contributed by atoms with van der Waals surface area (Å²) in [5, 5.41) is 1.82. The molecule has 80 valence electrons. The third-order valence-electron chi connectivity index (χ3n) is 2.00. The molecular formula is C11H13ClN2S. The molecule has 0 unspecified atom stereocenters. The summed E-state index contributed by atoms with van der Waals surface area (Å²) < 4.78 is 1.13. The number of rotatable bonds is 2. The molecule has 1 heterocycles. The van der Waals surface area contributed by atoms with Crippen molar-refractivity contribution in [2.75, 3.05) is 0 Å². The SMILES string of the molecule is CC(C)(N)Cc1nc2ccc(Cl)cc2s1. The highest BCUT2D eigenvalue weighted by Crippen LogP contribution is 2.26. The minimum Gasteiger partial charge on any atom is -0.325 e. The van der Waals surface area contributed by atoms with Crippen molar-refractivity contribution in [3.8, 4) is 0 Å². The molecule has 2 rings (SSSR count). The van der Waals surface area contributed by atoms with E-state index in [2.05, 4.69) is 4.98 Å². The number of benzene rings is 1. The van der Waals surface area contributed by atoms with E-state index in [-0.39, 0.29) is 5.54 Å². The van der Waals surface area contributed by atoms with Gasteiger partial charge in [0, 0.05) is 17.0 Å². The number of fused-ring (bicyclic) bond motifs is 1. The van der Waals surface area contributed by atoms with Crippen molar-refractivity contribution in [1.82, 2.24) is 4.98 Å². The van der Waals surface area contributed by atoms with Crippen molar-refractivity contribution in [2.45, 2.75) is 25.8 Å². The number of hydrogen-bond donors (Lipinski definition) is 1. The summed E-state index contributed by atoms with van der Waals surface area (Å²) in [5.74, 6) is 0. The second-order valence-corrected chi connectivity index (χ2v) is 5.94. The number of thiazole rings is 1. The standard InChI is InChI=1S/C11H13ClN2S/c1-11(2,13)6-10-14-8-4-3-7(12)5-9(8)15-10/h3-5H,6,13H2,1-2H3. The average Bonchev–Trinajstić information content (AvgIpc) is 2.42. The molecule has 2 aromatic rings. The Morgan fingerprint density at radius 3 is 2.87 bits per heavy atom. The first-order valence-electron chi connectivity index (χ1n) is 4.78. The van der Waals surface area contributed by atoms with Crippen LogP contribution in [0.3, 0.4) is 0 Å². The summed E-state index contributed by atoms with van der Waals surface area (Å²) in [5.41, 5.74) is 6.75. The Kier molecular flexibility index (Phi) is 2.71. The Labute approximate surface area is 98.1 Å². The van der Waals surface area contributed by atoms with Crippen LogP contribution in [0.2, 0.25) is 5.02 Å². The molecule has 1 aromatic carbocycles. The van der Waals surface area contributed by atoms with E-state index in [1.165, 1.54) is 0 Å². The molecule has 15 heavy (non-hydrogen) atoms. The highest BCUT2D eigenvalue weighted by Gasteiger charge is 2.14. The van der Waals surface area contributed by atoms with E-state index in [1.54, 1.807) is 11.3 Å². The van der Waals surface area contributed by atoms with E-state index in [0.717, 1.165) is 26.7 Å². The van der Waals surface area contributed by atoms with E-state index in [1.807, 2.05) is 32.0 Å². The Morgan fingerprint density at radius 2 is 2.20 bits per heavy atom. The van der Waals surface area contributed by atoms with Gasteiger partial charge in [-0.3, -0.25) is 0 Å². The largest absolute Gasteiger partial charge is 0.325 e. The predicted octanol–water partition coefficient (Wildman–Crippen LogP) is 3.23. The lowest BCUT2D eigenvalue weighted by Crippen LogP contribution is -2.34. The number of aromatic nitrogens is 1. The Balaban J connectivity index is 2.39. The molecule has 0 bridgehead atoms. The van der Waals surface area contributed by atoms with Crippen LogP contribution >= 0.6 is 22.9 Å². The maximum atomic E-state index is 5.96. The first-order chi connectivity index (χ1) is 6.94. The van der Waals surface area contributed by atoms with Crippen molar-refractivity contribution in [2.24, 2.45) is 5.73 Å². The Hall–Kier alpha value is -0.640. The first kappa shape index (κ1) is 10.9. The molecule has 0 spiro atoms. The second kappa shape index (κ2) is 3.74. The van der Waals surface area contributed by atoms with Crippen LogP contribution in [-0.2, 0) is 6.42 Å². The fraction of sp³-hybridized carbons (Fsp3) is 0.364. The van der Waals surface area contributed by atoms with Gasteiger partial charge in [0.1, 0.15) is 0 Å². The zero-order valence-electron chi connectivity index (χ0n) is 8.75. The summed E-state index contributed by atoms with van der Waals surface area (Å²) in [6.45, 7) is 4.01. The molecule has 0 atom stereocenters. The molecular weight excluding hydrogens is 228 g/mol. The zero-order valence-corrected chi connectivity index (χ0v) is 10.3. The van der Waals surface area contributed by atoms with Gasteiger partial charge in [-0.2, -0.15) is 0 Å². The lowest BCUT2D eigenvalue weighted by Gasteiger charge is -2.15. The summed E-state index contributed by atoms with van der Waals surface area (Å²) >= 11 is 7.58. The lowest BCUT2D eigenvalue weighted by molar-refractivity contribution is 0.516. The van der Waals surface area contributed by atoms with E-state index < -0.39 is 0 Å². The molecule has 0 aliphatic carbocycles. The van der Waals surface area contributed by atoms with Crippen molar-refractivity contribution in [3.05, 3.63) is 28.2 Å². The summed E-state index contributed by atoms with van der Waals surface area (Å²) in [6.07, 6.45) is 0.796. The average molecular weight is 241 g/mol. The van der Waals surface area contributed by atoms with Crippen LogP contribution < -0.4 is 5.73 Å². The molecule has 2 nitrogen and oxygen atoms in total. The molecule has 0 saturated carbocycles. The summed E-state index contributed by atoms with van der Waals surface area (Å²) in [6, 6.07) is 5.75. The van der Waals surface area contributed by atoms with E-state index >= 15 is 0 Å². The van der Waals surface area contributed by atoms with Crippen molar-refractivity contribution < 1.29 is 0 Å². The normalized spacial score (nSPS) is 12.3. The van der Waals surface area contributed by atoms with Crippen LogP contribution in [0.4, 0.5) is 0 Å². The molecule has 0 fully saturated rings. The monoisotopic (exact) mass is 240 g/mol. The van der Waals surface area contributed by atoms with Gasteiger partial charge in [-0.1, -0.05) is 11.6 Å². The molecule has 0 amide bonds. The summed E-state index contributed by atoms with van der Waals surface area (Å²) in [4.78, 5) is 4.52. The molecule has 2 N–H and O–H groups in total. The van der Waals surface area contributed by atoms with Crippen LogP contribution in [0.25, 0.3) is 10.2 Å². The predicted molar refractivity (Wildman–Crippen MR) is 66.6 cm³/mol. The summed E-state index contributed by atoms with van der Waals surface area (Å²) in [7, 11) is 0. The molecule has 0 saturated heterocycles. The van der Waals surface area contributed by atoms with Crippen LogP contribution in [-0.4, -0.2) is 10.5 Å². The van der Waals surface area contributed by atoms with Gasteiger partial charge in [0.25, 0.3) is 0 Å². The fourth-order valence-corrected chi connectivity index (χ4v) is 2.89. The topological polar surface area (TPSA) is 38.9 Å². The van der Waals surface area contributed by atoms with Crippen LogP contribution in [0.1, 0.15) is 18.9 Å². The zero-order chi connectivity index (χ0) is 11.1. The second-order valence-electron chi connectivity index (χ2n) is 4.39. The number of nitrogens with zero attached hydrogens (tertiary/aromatic N) is 1. The van der Waals surface area contributed by atoms with Crippen molar-refractivity contribution in [3.63, 3.8) is 0 Å². The molecule has 0 aliphatic heterocycles. The molecule has 0 aliphatic rings. The molecule has 0 radical (unpaired) electrons. The third kappa shape index (κ3) is 2.68. The highest BCUT2D eigenvalue weighted by molar-refractivity contribution is 7.18. The minimum absolute atomic E-state index is 0.211. The van der Waals surface area contributed by atoms with Gasteiger partial charge >= 0.3 is 0 Å². The number of hydrogen-bond acceptors (Lipinski definition) is 3. The van der Waals surface area contributed by atoms with Gasteiger partial charge < -0.3 is 5.73 Å². The van der Waals surface area contributed by atoms with E-state index in [4.69, 9.17) is 17.3 Å². The van der Waals surface area contributed by atoms with Crippen LogP contribution in [0.5, 0.6) is 0 Å². The quantitative estimate of drug-likeness (QED) is 0.876. The lowest BCUT2D eigenvalue weighted by atomic mass is 10.0. The number of halogens is 1. The van der Waals surface area contributed by atoms with Gasteiger partial charge in [-0.25, -0.2) is 4.98 Å². The van der Waals surface area contributed by atoms with Crippen LogP contribution in [0, 0.1) is 0 Å². The van der Waals surface area contributed by atoms with E-state index in [0.29, 0.717) is 0 Å². The van der Waals surface area contributed by atoms with Gasteiger partial charge in [0.2, 0.25) is 0 Å². The maximum absolute atomic E-state index is 5.96. The van der Waals surface area contributed by atoms with E-state index in [9.17, 15) is 0 Å². The van der Waals surface area contributed by atoms with Gasteiger partial charge in [-0.15, -0.1) is 11.3 Å². The third-order valence-corrected chi connectivity index (χ3v) is 3.25. The Morgan fingerprint density at radius 1 is 1.47 bits per heavy atom. The molecule has 1 aromatic heterocycles. The highest BCUT2D eigenvalue weighted by atomic mass is 35.5. The Bertz CT molecular complexity index is 485. The molecule has 4 heteroatoms. The van der Waals surface area contributed by atoms with Gasteiger partial charge in [-0.05, 0) is 32.0 Å². The fourth-order valence-electron chi connectivity index (χ4n) is 1.41. The minimum atomic E-state index is -0.211. The van der Waals surface area contributed by atoms with Crippen LogP contribution in [0.15, 0.2) is 18.2 Å². The van der Waals surface area contributed by atoms with Gasteiger partial charge in [0.15, 0.2) is 0 Å². The first-order valence-corrected chi connectivity index (χ1v) is 5.97.